The van der Waals surface area contributed by atoms with Crippen LogP contribution in [0, 0.1) is 11.8 Å². The third-order valence-corrected chi connectivity index (χ3v) is 5.70. The minimum atomic E-state index is -3.45. The van der Waals surface area contributed by atoms with Crippen LogP contribution >= 0.6 is 0 Å². The summed E-state index contributed by atoms with van der Waals surface area (Å²) >= 11 is 0. The smallest absolute Gasteiger partial charge is 0.242 e. The Kier molecular flexibility index (Phi) is 4.88. The largest absolute Gasteiger partial charge is 0.363 e. The zero-order valence-corrected chi connectivity index (χ0v) is 13.0. The average molecular weight is 299 g/mol. The van der Waals surface area contributed by atoms with E-state index in [1.54, 1.807) is 6.07 Å². The van der Waals surface area contributed by atoms with Crippen molar-refractivity contribution in [3.05, 3.63) is 18.0 Å². The van der Waals surface area contributed by atoms with E-state index < -0.39 is 10.0 Å². The van der Waals surface area contributed by atoms with Crippen molar-refractivity contribution in [2.75, 3.05) is 0 Å². The Morgan fingerprint density at radius 2 is 2.10 bits per heavy atom. The zero-order chi connectivity index (χ0) is 14.8. The van der Waals surface area contributed by atoms with Gasteiger partial charge in [-0.25, -0.2) is 13.1 Å². The summed E-state index contributed by atoms with van der Waals surface area (Å²) in [6.45, 7) is 4.65. The van der Waals surface area contributed by atoms with Crippen molar-refractivity contribution in [1.29, 1.82) is 0 Å². The maximum Gasteiger partial charge on any atom is 0.242 e. The van der Waals surface area contributed by atoms with E-state index >= 15 is 0 Å². The second-order valence-electron chi connectivity index (χ2n) is 5.98. The minimum Gasteiger partial charge on any atom is -0.363 e. The molecule has 0 aliphatic heterocycles. The highest BCUT2D eigenvalue weighted by atomic mass is 32.2. The molecule has 20 heavy (non-hydrogen) atoms. The van der Waals surface area contributed by atoms with Crippen molar-refractivity contribution in [2.45, 2.75) is 57.0 Å². The van der Waals surface area contributed by atoms with Crippen molar-refractivity contribution in [1.82, 2.24) is 9.71 Å². The SMILES string of the molecule is CC(C)C1CCCCC1NS(=O)(=O)c1c[nH]c(CN)c1. The summed E-state index contributed by atoms with van der Waals surface area (Å²) in [5.74, 6) is 0.917. The predicted molar refractivity (Wildman–Crippen MR) is 79.6 cm³/mol. The molecule has 1 aromatic rings. The molecule has 0 amide bonds. The first-order chi connectivity index (χ1) is 9.44. The van der Waals surface area contributed by atoms with Crippen LogP contribution in [0.1, 0.15) is 45.2 Å². The van der Waals surface area contributed by atoms with Gasteiger partial charge in [-0.15, -0.1) is 0 Å². The van der Waals surface area contributed by atoms with Crippen LogP contribution < -0.4 is 10.5 Å². The second-order valence-corrected chi connectivity index (χ2v) is 7.70. The Bertz CT molecular complexity index is 536. The molecule has 1 aliphatic carbocycles. The third-order valence-electron chi connectivity index (χ3n) is 4.23. The van der Waals surface area contributed by atoms with Crippen molar-refractivity contribution in [2.24, 2.45) is 17.6 Å². The summed E-state index contributed by atoms with van der Waals surface area (Å²) < 4.78 is 27.7. The fraction of sp³-hybridized carbons (Fsp3) is 0.714. The van der Waals surface area contributed by atoms with Crippen LogP contribution in [-0.2, 0) is 16.6 Å². The van der Waals surface area contributed by atoms with Crippen molar-refractivity contribution >= 4 is 10.0 Å². The highest BCUT2D eigenvalue weighted by Crippen LogP contribution is 2.31. The van der Waals surface area contributed by atoms with E-state index in [4.69, 9.17) is 5.73 Å². The van der Waals surface area contributed by atoms with E-state index in [0.717, 1.165) is 25.0 Å². The van der Waals surface area contributed by atoms with Crippen LogP contribution in [0.25, 0.3) is 0 Å². The molecule has 0 aromatic carbocycles. The van der Waals surface area contributed by atoms with Gasteiger partial charge in [0.2, 0.25) is 10.0 Å². The van der Waals surface area contributed by atoms with Crippen LogP contribution in [0.5, 0.6) is 0 Å². The van der Waals surface area contributed by atoms with Gasteiger partial charge in [0.15, 0.2) is 0 Å². The number of hydrogen-bond donors (Lipinski definition) is 3. The third kappa shape index (κ3) is 3.42. The van der Waals surface area contributed by atoms with Gasteiger partial charge >= 0.3 is 0 Å². The lowest BCUT2D eigenvalue weighted by molar-refractivity contribution is 0.226. The van der Waals surface area contributed by atoms with E-state index in [0.29, 0.717) is 18.4 Å². The van der Waals surface area contributed by atoms with E-state index in [-0.39, 0.29) is 10.9 Å². The van der Waals surface area contributed by atoms with Gasteiger partial charge in [0.25, 0.3) is 0 Å². The molecule has 2 rings (SSSR count). The fourth-order valence-electron chi connectivity index (χ4n) is 3.06. The minimum absolute atomic E-state index is 0.0463. The predicted octanol–water partition coefficient (Wildman–Crippen LogP) is 1.97. The maximum absolute atomic E-state index is 12.4. The first-order valence-corrected chi connectivity index (χ1v) is 8.82. The van der Waals surface area contributed by atoms with Crippen LogP contribution in [0.3, 0.4) is 0 Å². The molecule has 0 spiro atoms. The number of sulfonamides is 1. The molecule has 1 aromatic heterocycles. The van der Waals surface area contributed by atoms with Crippen LogP contribution in [-0.4, -0.2) is 19.4 Å². The summed E-state index contributed by atoms with van der Waals surface area (Å²) in [5.41, 5.74) is 6.24. The average Bonchev–Trinajstić information content (AvgIpc) is 2.88. The molecule has 5 nitrogen and oxygen atoms in total. The highest BCUT2D eigenvalue weighted by Gasteiger charge is 2.31. The molecule has 2 unspecified atom stereocenters. The molecule has 1 fully saturated rings. The second kappa shape index (κ2) is 6.28. The molecule has 0 radical (unpaired) electrons. The summed E-state index contributed by atoms with van der Waals surface area (Å²) in [7, 11) is -3.45. The van der Waals surface area contributed by atoms with Crippen LogP contribution in [0.4, 0.5) is 0 Å². The Balaban J connectivity index is 2.14. The van der Waals surface area contributed by atoms with Gasteiger partial charge in [-0.2, -0.15) is 0 Å². The molecular formula is C14H25N3O2S. The molecule has 1 saturated carbocycles. The van der Waals surface area contributed by atoms with Gasteiger partial charge in [0, 0.05) is 24.5 Å². The molecule has 1 heterocycles. The van der Waals surface area contributed by atoms with Crippen molar-refractivity contribution in [3.8, 4) is 0 Å². The van der Waals surface area contributed by atoms with Gasteiger partial charge in [-0.3, -0.25) is 0 Å². The Hall–Kier alpha value is -0.850. The first-order valence-electron chi connectivity index (χ1n) is 7.33. The van der Waals surface area contributed by atoms with Crippen molar-refractivity contribution in [3.63, 3.8) is 0 Å². The van der Waals surface area contributed by atoms with Crippen LogP contribution in [0.15, 0.2) is 17.2 Å². The van der Waals surface area contributed by atoms with E-state index in [9.17, 15) is 8.42 Å². The number of aromatic amines is 1. The first kappa shape index (κ1) is 15.5. The Morgan fingerprint density at radius 1 is 1.40 bits per heavy atom. The zero-order valence-electron chi connectivity index (χ0n) is 12.2. The Labute approximate surface area is 121 Å². The quantitative estimate of drug-likeness (QED) is 0.776. The van der Waals surface area contributed by atoms with Gasteiger partial charge < -0.3 is 10.7 Å². The summed E-state index contributed by atoms with van der Waals surface area (Å²) in [6, 6.07) is 1.65. The molecule has 114 valence electrons. The normalized spacial score (nSPS) is 24.2. The molecular weight excluding hydrogens is 274 g/mol. The lowest BCUT2D eigenvalue weighted by Crippen LogP contribution is -2.43. The summed E-state index contributed by atoms with van der Waals surface area (Å²) in [6.07, 6.45) is 5.83. The van der Waals surface area contributed by atoms with Gasteiger partial charge in [-0.05, 0) is 30.7 Å². The highest BCUT2D eigenvalue weighted by molar-refractivity contribution is 7.89. The topological polar surface area (TPSA) is 88.0 Å². The Morgan fingerprint density at radius 3 is 2.70 bits per heavy atom. The molecule has 2 atom stereocenters. The monoisotopic (exact) mass is 299 g/mol. The molecule has 6 heteroatoms. The van der Waals surface area contributed by atoms with Gasteiger partial charge in [0.1, 0.15) is 0 Å². The number of nitrogens with two attached hydrogens (primary N) is 1. The fourth-order valence-corrected chi connectivity index (χ4v) is 4.40. The lowest BCUT2D eigenvalue weighted by Gasteiger charge is -2.34. The lowest BCUT2D eigenvalue weighted by atomic mass is 9.78. The van der Waals surface area contributed by atoms with E-state index in [1.165, 1.54) is 12.6 Å². The number of aromatic nitrogens is 1. The molecule has 0 bridgehead atoms. The molecule has 4 N–H and O–H groups in total. The standard InChI is InChI=1S/C14H25N3O2S/c1-10(2)13-5-3-4-6-14(13)17-20(18,19)12-7-11(8-15)16-9-12/h7,9-10,13-14,16-17H,3-6,8,15H2,1-2H3. The molecule has 1 aliphatic rings. The maximum atomic E-state index is 12.4. The number of hydrogen-bond acceptors (Lipinski definition) is 3. The molecule has 0 saturated heterocycles. The van der Waals surface area contributed by atoms with E-state index in [2.05, 4.69) is 23.6 Å². The number of H-pyrrole nitrogens is 1. The van der Waals surface area contributed by atoms with E-state index in [1.807, 2.05) is 0 Å². The van der Waals surface area contributed by atoms with Gasteiger partial charge in [-0.1, -0.05) is 26.7 Å². The number of nitrogens with one attached hydrogen (secondary N) is 2. The van der Waals surface area contributed by atoms with Gasteiger partial charge in [0.05, 0.1) is 4.90 Å². The summed E-state index contributed by atoms with van der Waals surface area (Å²) in [5, 5.41) is 0. The summed E-state index contributed by atoms with van der Waals surface area (Å²) in [4.78, 5) is 3.17. The van der Waals surface area contributed by atoms with Crippen molar-refractivity contribution < 1.29 is 8.42 Å². The van der Waals surface area contributed by atoms with Crippen LogP contribution in [0.2, 0.25) is 0 Å². The number of rotatable bonds is 5.